The molecule has 96 valence electrons. The highest BCUT2D eigenvalue weighted by Gasteiger charge is 2.15. The lowest BCUT2D eigenvalue weighted by Crippen LogP contribution is -2.22. The molecule has 0 saturated carbocycles. The van der Waals surface area contributed by atoms with Crippen LogP contribution in [0.4, 0.5) is 5.69 Å². The summed E-state index contributed by atoms with van der Waals surface area (Å²) in [5.74, 6) is 0. The summed E-state index contributed by atoms with van der Waals surface area (Å²) in [5, 5.41) is 0. The molecule has 1 unspecified atom stereocenters. The molecule has 3 nitrogen and oxygen atoms in total. The summed E-state index contributed by atoms with van der Waals surface area (Å²) in [5.41, 5.74) is 0.767. The maximum Gasteiger partial charge on any atom is 0.177 e. The Kier molecular flexibility index (Phi) is 5.01. The van der Waals surface area contributed by atoms with Crippen molar-refractivity contribution in [2.24, 2.45) is 0 Å². The van der Waals surface area contributed by atoms with E-state index in [1.54, 1.807) is 12.1 Å². The fraction of sp³-hybridized carbons (Fsp3) is 0.500. The molecule has 0 aliphatic heterocycles. The summed E-state index contributed by atoms with van der Waals surface area (Å²) in [6.07, 6.45) is 2.21. The average molecular weight is 320 g/mol. The van der Waals surface area contributed by atoms with Gasteiger partial charge in [0.15, 0.2) is 9.84 Å². The van der Waals surface area contributed by atoms with Crippen LogP contribution in [0, 0.1) is 0 Å². The van der Waals surface area contributed by atoms with Crippen LogP contribution < -0.4 is 4.90 Å². The SMILES string of the molecule is CC(Br)CCN(C)c1ccccc1S(C)(=O)=O. The Hall–Kier alpha value is -0.550. The fourth-order valence-electron chi connectivity index (χ4n) is 1.58. The third kappa shape index (κ3) is 4.32. The van der Waals surface area contributed by atoms with Gasteiger partial charge in [0.05, 0.1) is 10.6 Å². The molecule has 0 radical (unpaired) electrons. The topological polar surface area (TPSA) is 37.4 Å². The van der Waals surface area contributed by atoms with Crippen LogP contribution in [0.5, 0.6) is 0 Å². The minimum atomic E-state index is -3.17. The maximum atomic E-state index is 11.7. The number of nitrogens with zero attached hydrogens (tertiary/aromatic N) is 1. The molecule has 0 fully saturated rings. The van der Waals surface area contributed by atoms with Gasteiger partial charge in [-0.3, -0.25) is 0 Å². The Morgan fingerprint density at radius 2 is 1.94 bits per heavy atom. The summed E-state index contributed by atoms with van der Waals surface area (Å²) in [6.45, 7) is 2.90. The molecular formula is C12H18BrNO2S. The minimum Gasteiger partial charge on any atom is -0.374 e. The third-order valence-corrected chi connectivity index (χ3v) is 4.14. The minimum absolute atomic E-state index is 0.393. The molecule has 0 aliphatic carbocycles. The van der Waals surface area contributed by atoms with Gasteiger partial charge < -0.3 is 4.90 Å². The van der Waals surface area contributed by atoms with Crippen LogP contribution in [0.1, 0.15) is 13.3 Å². The molecule has 0 aromatic heterocycles. The zero-order chi connectivity index (χ0) is 13.1. The number of anilines is 1. The molecular weight excluding hydrogens is 302 g/mol. The van der Waals surface area contributed by atoms with E-state index in [-0.39, 0.29) is 0 Å². The van der Waals surface area contributed by atoms with Crippen molar-refractivity contribution < 1.29 is 8.42 Å². The summed E-state index contributed by atoms with van der Waals surface area (Å²) in [6, 6.07) is 7.10. The van der Waals surface area contributed by atoms with Gasteiger partial charge in [0.25, 0.3) is 0 Å². The normalized spacial score (nSPS) is 13.4. The Morgan fingerprint density at radius 1 is 1.35 bits per heavy atom. The zero-order valence-electron chi connectivity index (χ0n) is 10.4. The van der Waals surface area contributed by atoms with E-state index in [1.807, 2.05) is 24.1 Å². The lowest BCUT2D eigenvalue weighted by atomic mass is 10.2. The van der Waals surface area contributed by atoms with Crippen LogP contribution in [-0.2, 0) is 9.84 Å². The van der Waals surface area contributed by atoms with Crippen LogP contribution in [0.15, 0.2) is 29.2 Å². The van der Waals surface area contributed by atoms with Gasteiger partial charge in [-0.05, 0) is 18.6 Å². The number of hydrogen-bond donors (Lipinski definition) is 0. The Bertz CT molecular complexity index is 471. The molecule has 0 heterocycles. The lowest BCUT2D eigenvalue weighted by Gasteiger charge is -2.22. The predicted octanol–water partition coefficient (Wildman–Crippen LogP) is 2.70. The molecule has 0 bridgehead atoms. The summed E-state index contributed by atoms with van der Waals surface area (Å²) in [7, 11) is -1.25. The second kappa shape index (κ2) is 5.87. The van der Waals surface area contributed by atoms with Gasteiger partial charge in [-0.15, -0.1) is 0 Å². The molecule has 1 atom stereocenters. The molecule has 5 heteroatoms. The van der Waals surface area contributed by atoms with Gasteiger partial charge in [0, 0.05) is 24.7 Å². The van der Waals surface area contributed by atoms with Crippen molar-refractivity contribution in [3.8, 4) is 0 Å². The van der Waals surface area contributed by atoms with E-state index in [2.05, 4.69) is 22.9 Å². The van der Waals surface area contributed by atoms with Crippen LogP contribution in [-0.4, -0.2) is 33.1 Å². The van der Waals surface area contributed by atoms with Gasteiger partial charge in [-0.25, -0.2) is 8.42 Å². The Morgan fingerprint density at radius 3 is 2.47 bits per heavy atom. The second-order valence-electron chi connectivity index (χ2n) is 4.23. The van der Waals surface area contributed by atoms with Crippen molar-refractivity contribution in [1.82, 2.24) is 0 Å². The number of rotatable bonds is 5. The van der Waals surface area contributed by atoms with Gasteiger partial charge in [-0.2, -0.15) is 0 Å². The third-order valence-electron chi connectivity index (χ3n) is 2.54. The van der Waals surface area contributed by atoms with Gasteiger partial charge in [0.2, 0.25) is 0 Å². The average Bonchev–Trinajstić information content (AvgIpc) is 2.24. The summed E-state index contributed by atoms with van der Waals surface area (Å²) >= 11 is 3.49. The van der Waals surface area contributed by atoms with E-state index >= 15 is 0 Å². The van der Waals surface area contributed by atoms with Crippen molar-refractivity contribution in [2.75, 3.05) is 24.7 Å². The van der Waals surface area contributed by atoms with Gasteiger partial charge >= 0.3 is 0 Å². The molecule has 1 aromatic carbocycles. The quantitative estimate of drug-likeness (QED) is 0.783. The first-order valence-electron chi connectivity index (χ1n) is 5.46. The molecule has 17 heavy (non-hydrogen) atoms. The fourth-order valence-corrected chi connectivity index (χ4v) is 2.71. The monoisotopic (exact) mass is 319 g/mol. The number of halogens is 1. The highest BCUT2D eigenvalue weighted by atomic mass is 79.9. The highest BCUT2D eigenvalue weighted by molar-refractivity contribution is 9.09. The molecule has 0 saturated heterocycles. The van der Waals surface area contributed by atoms with E-state index in [1.165, 1.54) is 6.26 Å². The number of benzene rings is 1. The maximum absolute atomic E-state index is 11.7. The molecule has 0 aliphatic rings. The van der Waals surface area contributed by atoms with Gasteiger partial charge in [-0.1, -0.05) is 35.0 Å². The number of hydrogen-bond acceptors (Lipinski definition) is 3. The predicted molar refractivity (Wildman–Crippen MR) is 75.8 cm³/mol. The lowest BCUT2D eigenvalue weighted by molar-refractivity contribution is 0.601. The highest BCUT2D eigenvalue weighted by Crippen LogP contribution is 2.24. The van der Waals surface area contributed by atoms with E-state index < -0.39 is 9.84 Å². The number of alkyl halides is 1. The first-order chi connectivity index (χ1) is 7.82. The molecule has 1 rings (SSSR count). The Balaban J connectivity index is 2.98. The van der Waals surface area contributed by atoms with E-state index in [0.29, 0.717) is 9.72 Å². The molecule has 0 spiro atoms. The van der Waals surface area contributed by atoms with Crippen LogP contribution in [0.3, 0.4) is 0 Å². The first-order valence-corrected chi connectivity index (χ1v) is 8.27. The van der Waals surface area contributed by atoms with Crippen molar-refractivity contribution in [2.45, 2.75) is 23.1 Å². The van der Waals surface area contributed by atoms with E-state index in [0.717, 1.165) is 18.7 Å². The standard InChI is InChI=1S/C12H18BrNO2S/c1-10(13)8-9-14(2)11-6-4-5-7-12(11)17(3,15)16/h4-7,10H,8-9H2,1-3H3. The van der Waals surface area contributed by atoms with Crippen molar-refractivity contribution >= 4 is 31.5 Å². The number of para-hydroxylation sites is 1. The largest absolute Gasteiger partial charge is 0.374 e. The van der Waals surface area contributed by atoms with Crippen LogP contribution in [0.2, 0.25) is 0 Å². The number of sulfone groups is 1. The Labute approximate surface area is 112 Å². The molecule has 1 aromatic rings. The summed E-state index contributed by atoms with van der Waals surface area (Å²) in [4.78, 5) is 2.80. The summed E-state index contributed by atoms with van der Waals surface area (Å²) < 4.78 is 23.3. The zero-order valence-corrected chi connectivity index (χ0v) is 12.8. The van der Waals surface area contributed by atoms with Gasteiger partial charge in [0.1, 0.15) is 0 Å². The molecule has 0 amide bonds. The van der Waals surface area contributed by atoms with E-state index in [9.17, 15) is 8.42 Å². The second-order valence-corrected chi connectivity index (χ2v) is 7.78. The first kappa shape index (κ1) is 14.5. The van der Waals surface area contributed by atoms with Crippen LogP contribution in [0.25, 0.3) is 0 Å². The van der Waals surface area contributed by atoms with Crippen molar-refractivity contribution in [3.05, 3.63) is 24.3 Å². The van der Waals surface area contributed by atoms with E-state index in [4.69, 9.17) is 0 Å². The van der Waals surface area contributed by atoms with Crippen molar-refractivity contribution in [3.63, 3.8) is 0 Å². The van der Waals surface area contributed by atoms with Crippen LogP contribution >= 0.6 is 15.9 Å². The van der Waals surface area contributed by atoms with Crippen molar-refractivity contribution in [1.29, 1.82) is 0 Å². The smallest absolute Gasteiger partial charge is 0.177 e. The molecule has 0 N–H and O–H groups in total.